The highest BCUT2D eigenvalue weighted by Gasteiger charge is 2.59. The molecule has 2 atom stereocenters. The number of nitrogens with one attached hydrogen (secondary N) is 1. The van der Waals surface area contributed by atoms with Crippen LogP contribution in [0.15, 0.2) is 115 Å². The predicted octanol–water partition coefficient (Wildman–Crippen LogP) is 7.61. The van der Waals surface area contributed by atoms with Gasteiger partial charge in [-0.2, -0.15) is 0 Å². The molecule has 4 aromatic carbocycles. The second-order valence-electron chi connectivity index (χ2n) is 11.4. The van der Waals surface area contributed by atoms with Crippen molar-refractivity contribution in [3.63, 3.8) is 0 Å². The number of carbonyl (C=O) groups is 2. The van der Waals surface area contributed by atoms with Crippen LogP contribution < -0.4 is 10.1 Å². The number of nitrogens with zero attached hydrogens (tertiary/aromatic N) is 1. The molecule has 6 rings (SSSR count). The van der Waals surface area contributed by atoms with E-state index in [0.29, 0.717) is 30.2 Å². The monoisotopic (exact) mass is 560 g/mol. The first kappa shape index (κ1) is 27.5. The first-order chi connectivity index (χ1) is 20.4. The van der Waals surface area contributed by atoms with Crippen LogP contribution >= 0.6 is 0 Å². The molecule has 2 aliphatic rings. The van der Waals surface area contributed by atoms with Crippen molar-refractivity contribution in [3.8, 4) is 11.5 Å². The highest BCUT2D eigenvalue weighted by Crippen LogP contribution is 2.52. The highest BCUT2D eigenvalue weighted by atomic mass is 19.1. The summed E-state index contributed by atoms with van der Waals surface area (Å²) in [4.78, 5) is 30.0. The van der Waals surface area contributed by atoms with E-state index in [-0.39, 0.29) is 23.5 Å². The standard InChI is InChI=1S/C36H33FN2O3/c1-35(33(40)38-30-16-20-32(21-17-30)42-31-18-14-29(37)15-19-31)24-27(13-12-26-8-4-2-5-9-26)25-39(35)34(41)36(22-23-36)28-10-6-3-7-11-28/h2-21,27H,22-25H2,1H3,(H,38,40)/b13-12+. The minimum Gasteiger partial charge on any atom is -0.457 e. The molecule has 212 valence electrons. The molecule has 1 saturated heterocycles. The Hall–Kier alpha value is -4.71. The third kappa shape index (κ3) is 5.57. The third-order valence-electron chi connectivity index (χ3n) is 8.41. The van der Waals surface area contributed by atoms with Gasteiger partial charge in [-0.25, -0.2) is 4.39 Å². The molecule has 1 N–H and O–H groups in total. The second-order valence-corrected chi connectivity index (χ2v) is 11.4. The molecule has 2 amide bonds. The van der Waals surface area contributed by atoms with Gasteiger partial charge in [-0.3, -0.25) is 9.59 Å². The van der Waals surface area contributed by atoms with Crippen LogP contribution in [0.3, 0.4) is 0 Å². The number of likely N-dealkylation sites (tertiary alicyclic amines) is 1. The normalized spacial score (nSPS) is 20.8. The number of halogens is 1. The van der Waals surface area contributed by atoms with Crippen molar-refractivity contribution in [1.82, 2.24) is 4.90 Å². The van der Waals surface area contributed by atoms with Crippen LogP contribution in [0.2, 0.25) is 0 Å². The molecule has 1 aliphatic heterocycles. The Morgan fingerprint density at radius 3 is 2.07 bits per heavy atom. The van der Waals surface area contributed by atoms with Crippen molar-refractivity contribution < 1.29 is 18.7 Å². The molecule has 1 heterocycles. The minimum atomic E-state index is -1.03. The Balaban J connectivity index is 1.22. The van der Waals surface area contributed by atoms with E-state index >= 15 is 0 Å². The lowest BCUT2D eigenvalue weighted by atomic mass is 9.89. The topological polar surface area (TPSA) is 58.6 Å². The van der Waals surface area contributed by atoms with Crippen molar-refractivity contribution in [2.24, 2.45) is 5.92 Å². The molecule has 2 unspecified atom stereocenters. The molecule has 0 aromatic heterocycles. The van der Waals surface area contributed by atoms with E-state index in [9.17, 15) is 14.0 Å². The van der Waals surface area contributed by atoms with Crippen molar-refractivity contribution in [2.45, 2.75) is 37.1 Å². The molecule has 0 spiro atoms. The van der Waals surface area contributed by atoms with Crippen LogP contribution in [0.4, 0.5) is 10.1 Å². The van der Waals surface area contributed by atoms with Crippen molar-refractivity contribution >= 4 is 23.6 Å². The highest BCUT2D eigenvalue weighted by molar-refractivity contribution is 6.03. The molecule has 42 heavy (non-hydrogen) atoms. The summed E-state index contributed by atoms with van der Waals surface area (Å²) < 4.78 is 19.0. The van der Waals surface area contributed by atoms with Crippen molar-refractivity contribution in [2.75, 3.05) is 11.9 Å². The average molecular weight is 561 g/mol. The fourth-order valence-corrected chi connectivity index (χ4v) is 5.86. The van der Waals surface area contributed by atoms with Gasteiger partial charge in [0, 0.05) is 12.2 Å². The SMILES string of the molecule is CC1(C(=O)Nc2ccc(Oc3ccc(F)cc3)cc2)CC(/C=C/c2ccccc2)CN1C(=O)C1(c2ccccc2)CC1. The summed E-state index contributed by atoms with van der Waals surface area (Å²) >= 11 is 0. The van der Waals surface area contributed by atoms with Crippen LogP contribution in [-0.4, -0.2) is 28.8 Å². The summed E-state index contributed by atoms with van der Waals surface area (Å²) in [7, 11) is 0. The van der Waals surface area contributed by atoms with E-state index in [1.165, 1.54) is 12.1 Å². The Morgan fingerprint density at radius 1 is 0.857 bits per heavy atom. The van der Waals surface area contributed by atoms with Gasteiger partial charge in [0.2, 0.25) is 11.8 Å². The molecular weight excluding hydrogens is 527 g/mol. The van der Waals surface area contributed by atoms with Crippen LogP contribution in [0.5, 0.6) is 11.5 Å². The zero-order valence-corrected chi connectivity index (χ0v) is 23.5. The smallest absolute Gasteiger partial charge is 0.250 e. The number of anilines is 1. The molecule has 1 aliphatic carbocycles. The number of benzene rings is 4. The zero-order valence-electron chi connectivity index (χ0n) is 23.5. The van der Waals surface area contributed by atoms with Crippen LogP contribution in [0, 0.1) is 11.7 Å². The fraction of sp³-hybridized carbons (Fsp3) is 0.222. The lowest BCUT2D eigenvalue weighted by Gasteiger charge is -2.36. The van der Waals surface area contributed by atoms with Crippen LogP contribution in [-0.2, 0) is 15.0 Å². The maximum absolute atomic E-state index is 14.2. The Kier molecular flexibility index (Phi) is 7.38. The van der Waals surface area contributed by atoms with Gasteiger partial charge in [0.15, 0.2) is 0 Å². The zero-order chi connectivity index (χ0) is 29.2. The summed E-state index contributed by atoms with van der Waals surface area (Å²) in [5.74, 6) is 0.578. The van der Waals surface area contributed by atoms with Gasteiger partial charge in [0.25, 0.3) is 0 Å². The van der Waals surface area contributed by atoms with E-state index in [4.69, 9.17) is 4.74 Å². The summed E-state index contributed by atoms with van der Waals surface area (Å²) in [6.45, 7) is 2.36. The number of amides is 2. The molecule has 4 aromatic rings. The van der Waals surface area contributed by atoms with Gasteiger partial charge in [-0.1, -0.05) is 72.8 Å². The molecule has 0 radical (unpaired) electrons. The molecule has 2 fully saturated rings. The van der Waals surface area contributed by atoms with Gasteiger partial charge >= 0.3 is 0 Å². The molecule has 0 bridgehead atoms. The van der Waals surface area contributed by atoms with Crippen molar-refractivity contribution in [3.05, 3.63) is 132 Å². The Morgan fingerprint density at radius 2 is 1.45 bits per heavy atom. The van der Waals surface area contributed by atoms with Gasteiger partial charge in [0.1, 0.15) is 22.9 Å². The average Bonchev–Trinajstić information content (AvgIpc) is 3.76. The van der Waals surface area contributed by atoms with Crippen molar-refractivity contribution in [1.29, 1.82) is 0 Å². The Labute approximate surface area is 245 Å². The van der Waals surface area contributed by atoms with E-state index in [2.05, 4.69) is 17.5 Å². The third-order valence-corrected chi connectivity index (χ3v) is 8.41. The van der Waals surface area contributed by atoms with Gasteiger partial charge in [-0.15, -0.1) is 0 Å². The lowest BCUT2D eigenvalue weighted by molar-refractivity contribution is -0.143. The molecular formula is C36H33FN2O3. The van der Waals surface area contributed by atoms with Crippen LogP contribution in [0.25, 0.3) is 6.08 Å². The number of ether oxygens (including phenoxy) is 1. The van der Waals surface area contributed by atoms with E-state index in [1.807, 2.05) is 72.5 Å². The van der Waals surface area contributed by atoms with Gasteiger partial charge in [-0.05, 0) is 91.8 Å². The molecule has 6 heteroatoms. The summed E-state index contributed by atoms with van der Waals surface area (Å²) in [5, 5.41) is 3.05. The summed E-state index contributed by atoms with van der Waals surface area (Å²) in [6, 6.07) is 32.8. The maximum Gasteiger partial charge on any atom is 0.250 e. The first-order valence-corrected chi connectivity index (χ1v) is 14.3. The Bertz CT molecular complexity index is 1580. The number of hydrogen-bond acceptors (Lipinski definition) is 3. The van der Waals surface area contributed by atoms with E-state index in [0.717, 1.165) is 24.0 Å². The second kappa shape index (κ2) is 11.3. The molecule has 1 saturated carbocycles. The maximum atomic E-state index is 14.2. The quantitative estimate of drug-likeness (QED) is 0.241. The fourth-order valence-electron chi connectivity index (χ4n) is 5.86. The van der Waals surface area contributed by atoms with Gasteiger partial charge in [0.05, 0.1) is 5.41 Å². The number of rotatable bonds is 8. The largest absolute Gasteiger partial charge is 0.457 e. The minimum absolute atomic E-state index is 0.0185. The van der Waals surface area contributed by atoms with Gasteiger partial charge < -0.3 is 15.0 Å². The first-order valence-electron chi connectivity index (χ1n) is 14.3. The van der Waals surface area contributed by atoms with E-state index in [1.54, 1.807) is 36.4 Å². The number of carbonyl (C=O) groups excluding carboxylic acids is 2. The van der Waals surface area contributed by atoms with Crippen LogP contribution in [0.1, 0.15) is 37.3 Å². The molecule has 5 nitrogen and oxygen atoms in total. The summed E-state index contributed by atoms with van der Waals surface area (Å²) in [6.07, 6.45) is 6.28. The number of hydrogen-bond donors (Lipinski definition) is 1. The lowest BCUT2D eigenvalue weighted by Crippen LogP contribution is -2.55. The summed E-state index contributed by atoms with van der Waals surface area (Å²) in [5.41, 5.74) is 1.10. The predicted molar refractivity (Wildman–Crippen MR) is 163 cm³/mol. The van der Waals surface area contributed by atoms with E-state index < -0.39 is 11.0 Å².